The lowest BCUT2D eigenvalue weighted by atomic mass is 10.3. The molecule has 1 aliphatic rings. The van der Waals surface area contributed by atoms with Crippen molar-refractivity contribution in [2.75, 3.05) is 0 Å². The molecule has 0 saturated carbocycles. The van der Waals surface area contributed by atoms with Gasteiger partial charge in [-0.15, -0.1) is 0 Å². The van der Waals surface area contributed by atoms with E-state index in [0.29, 0.717) is 0 Å². The highest BCUT2D eigenvalue weighted by atomic mass is 79.9. The average Bonchev–Trinajstić information content (AvgIpc) is 2.41. The molecule has 3 heteroatoms. The second kappa shape index (κ2) is 2.31. The number of aromatic amines is 1. The SMILES string of the molecule is Cc1[nH]c2c(c1Br)CSC2. The highest BCUT2D eigenvalue weighted by Gasteiger charge is 2.17. The summed E-state index contributed by atoms with van der Waals surface area (Å²) < 4.78 is 1.28. The van der Waals surface area contributed by atoms with Gasteiger partial charge in [0.25, 0.3) is 0 Å². The first kappa shape index (κ1) is 6.80. The Labute approximate surface area is 72.7 Å². The van der Waals surface area contributed by atoms with Crippen molar-refractivity contribution in [3.8, 4) is 0 Å². The van der Waals surface area contributed by atoms with E-state index in [4.69, 9.17) is 0 Å². The van der Waals surface area contributed by atoms with Crippen LogP contribution in [-0.2, 0) is 11.5 Å². The molecule has 0 aliphatic carbocycles. The number of rotatable bonds is 0. The summed E-state index contributed by atoms with van der Waals surface area (Å²) in [4.78, 5) is 3.36. The molecule has 0 saturated heterocycles. The Morgan fingerprint density at radius 3 is 3.00 bits per heavy atom. The zero-order chi connectivity index (χ0) is 7.14. The molecule has 0 fully saturated rings. The molecule has 0 amide bonds. The van der Waals surface area contributed by atoms with Crippen LogP contribution >= 0.6 is 27.7 Å². The maximum atomic E-state index is 3.56. The van der Waals surface area contributed by atoms with Crippen molar-refractivity contribution >= 4 is 27.7 Å². The Balaban J connectivity index is 2.59. The van der Waals surface area contributed by atoms with Gasteiger partial charge in [-0.3, -0.25) is 0 Å². The van der Waals surface area contributed by atoms with Gasteiger partial charge < -0.3 is 4.98 Å². The maximum absolute atomic E-state index is 3.56. The topological polar surface area (TPSA) is 15.8 Å². The Hall–Kier alpha value is 0.110. The molecule has 0 bridgehead atoms. The number of hydrogen-bond donors (Lipinski definition) is 1. The van der Waals surface area contributed by atoms with E-state index in [1.807, 2.05) is 11.8 Å². The molecule has 0 radical (unpaired) electrons. The minimum absolute atomic E-state index is 1.15. The standard InChI is InChI=1S/C7H8BrNS/c1-4-7(8)5-2-10-3-6(5)9-4/h9H,2-3H2,1H3. The normalized spacial score (nSPS) is 15.8. The summed E-state index contributed by atoms with van der Waals surface area (Å²) in [7, 11) is 0. The van der Waals surface area contributed by atoms with E-state index >= 15 is 0 Å². The molecular weight excluding hydrogens is 210 g/mol. The molecule has 1 aromatic rings. The molecule has 0 aromatic carbocycles. The quantitative estimate of drug-likeness (QED) is 0.707. The molecule has 1 aromatic heterocycles. The molecule has 1 aliphatic heterocycles. The van der Waals surface area contributed by atoms with E-state index < -0.39 is 0 Å². The zero-order valence-corrected chi connectivity index (χ0v) is 8.10. The van der Waals surface area contributed by atoms with Gasteiger partial charge in [0.05, 0.1) is 0 Å². The Morgan fingerprint density at radius 2 is 2.30 bits per heavy atom. The predicted molar refractivity (Wildman–Crippen MR) is 48.2 cm³/mol. The molecular formula is C7H8BrNS. The van der Waals surface area contributed by atoms with Gasteiger partial charge in [0.1, 0.15) is 0 Å². The van der Waals surface area contributed by atoms with E-state index in [-0.39, 0.29) is 0 Å². The number of thioether (sulfide) groups is 1. The number of hydrogen-bond acceptors (Lipinski definition) is 1. The molecule has 1 nitrogen and oxygen atoms in total. The molecule has 0 atom stereocenters. The van der Waals surface area contributed by atoms with E-state index in [9.17, 15) is 0 Å². The summed E-state index contributed by atoms with van der Waals surface area (Å²) in [6.45, 7) is 2.10. The summed E-state index contributed by atoms with van der Waals surface area (Å²) in [5.41, 5.74) is 4.15. The van der Waals surface area contributed by atoms with Gasteiger partial charge >= 0.3 is 0 Å². The second-order valence-corrected chi connectivity index (χ2v) is 4.29. The van der Waals surface area contributed by atoms with Gasteiger partial charge in [-0.05, 0) is 28.4 Å². The zero-order valence-electron chi connectivity index (χ0n) is 5.70. The first-order chi connectivity index (χ1) is 4.79. The van der Waals surface area contributed by atoms with Gasteiger partial charge in [-0.1, -0.05) is 0 Å². The maximum Gasteiger partial charge on any atom is 0.0423 e. The fourth-order valence-electron chi connectivity index (χ4n) is 1.24. The monoisotopic (exact) mass is 217 g/mol. The van der Waals surface area contributed by atoms with Gasteiger partial charge in [-0.25, -0.2) is 0 Å². The van der Waals surface area contributed by atoms with Crippen molar-refractivity contribution in [3.05, 3.63) is 21.4 Å². The van der Waals surface area contributed by atoms with Crippen LogP contribution in [0, 0.1) is 6.92 Å². The summed E-state index contributed by atoms with van der Waals surface area (Å²) in [6.07, 6.45) is 0. The van der Waals surface area contributed by atoms with Crippen LogP contribution in [0.15, 0.2) is 4.47 Å². The van der Waals surface area contributed by atoms with Gasteiger partial charge in [0, 0.05) is 27.4 Å². The van der Waals surface area contributed by atoms with Gasteiger partial charge in [-0.2, -0.15) is 11.8 Å². The molecule has 0 unspecified atom stereocenters. The van der Waals surface area contributed by atoms with E-state index in [1.165, 1.54) is 27.2 Å². The third kappa shape index (κ3) is 0.839. The molecule has 54 valence electrons. The Kier molecular flexibility index (Phi) is 1.57. The lowest BCUT2D eigenvalue weighted by Crippen LogP contribution is -1.74. The minimum atomic E-state index is 1.15. The smallest absolute Gasteiger partial charge is 0.0423 e. The van der Waals surface area contributed by atoms with Crippen molar-refractivity contribution in [1.82, 2.24) is 4.98 Å². The highest BCUT2D eigenvalue weighted by molar-refractivity contribution is 9.10. The van der Waals surface area contributed by atoms with Crippen LogP contribution in [0.4, 0.5) is 0 Å². The summed E-state index contributed by atoms with van der Waals surface area (Å²) in [6, 6.07) is 0. The van der Waals surface area contributed by atoms with Crippen molar-refractivity contribution in [2.24, 2.45) is 0 Å². The predicted octanol–water partition coefficient (Wildman–Crippen LogP) is 2.83. The fraction of sp³-hybridized carbons (Fsp3) is 0.429. The molecule has 2 rings (SSSR count). The van der Waals surface area contributed by atoms with Crippen LogP contribution < -0.4 is 0 Å². The molecule has 1 N–H and O–H groups in total. The van der Waals surface area contributed by atoms with Crippen LogP contribution in [0.2, 0.25) is 0 Å². The largest absolute Gasteiger partial charge is 0.361 e. The number of aromatic nitrogens is 1. The average molecular weight is 218 g/mol. The van der Waals surface area contributed by atoms with Crippen LogP contribution in [0.25, 0.3) is 0 Å². The summed E-state index contributed by atoms with van der Waals surface area (Å²) in [5, 5.41) is 0. The van der Waals surface area contributed by atoms with Crippen molar-refractivity contribution in [3.63, 3.8) is 0 Å². The Morgan fingerprint density at radius 1 is 1.50 bits per heavy atom. The summed E-state index contributed by atoms with van der Waals surface area (Å²) >= 11 is 5.53. The third-order valence-electron chi connectivity index (χ3n) is 1.79. The first-order valence-electron chi connectivity index (χ1n) is 3.22. The van der Waals surface area contributed by atoms with Crippen LogP contribution in [-0.4, -0.2) is 4.98 Å². The van der Waals surface area contributed by atoms with Crippen molar-refractivity contribution in [1.29, 1.82) is 0 Å². The van der Waals surface area contributed by atoms with Crippen LogP contribution in [0.1, 0.15) is 17.0 Å². The third-order valence-corrected chi connectivity index (χ3v) is 3.85. The molecule has 0 spiro atoms. The fourth-order valence-corrected chi connectivity index (χ4v) is 2.98. The van der Waals surface area contributed by atoms with Crippen LogP contribution in [0.3, 0.4) is 0 Å². The second-order valence-electron chi connectivity index (χ2n) is 2.51. The first-order valence-corrected chi connectivity index (χ1v) is 5.17. The molecule has 2 heterocycles. The number of H-pyrrole nitrogens is 1. The van der Waals surface area contributed by atoms with Crippen molar-refractivity contribution < 1.29 is 0 Å². The van der Waals surface area contributed by atoms with Gasteiger partial charge in [0.2, 0.25) is 0 Å². The van der Waals surface area contributed by atoms with Gasteiger partial charge in [0.15, 0.2) is 0 Å². The number of nitrogens with one attached hydrogen (secondary N) is 1. The minimum Gasteiger partial charge on any atom is -0.361 e. The number of halogens is 1. The van der Waals surface area contributed by atoms with Crippen LogP contribution in [0.5, 0.6) is 0 Å². The lowest BCUT2D eigenvalue weighted by molar-refractivity contribution is 1.17. The molecule has 10 heavy (non-hydrogen) atoms. The summed E-state index contributed by atoms with van der Waals surface area (Å²) in [5.74, 6) is 2.32. The van der Waals surface area contributed by atoms with Crippen molar-refractivity contribution in [2.45, 2.75) is 18.4 Å². The van der Waals surface area contributed by atoms with E-state index in [0.717, 1.165) is 5.75 Å². The Bertz CT molecular complexity index is 267. The number of fused-ring (bicyclic) bond motifs is 1. The number of aryl methyl sites for hydroxylation is 1. The lowest BCUT2D eigenvalue weighted by Gasteiger charge is -1.89. The van der Waals surface area contributed by atoms with E-state index in [2.05, 4.69) is 27.8 Å². The highest BCUT2D eigenvalue weighted by Crippen LogP contribution is 2.36. The van der Waals surface area contributed by atoms with E-state index in [1.54, 1.807) is 0 Å².